The second-order valence-corrected chi connectivity index (χ2v) is 5.75. The van der Waals surface area contributed by atoms with Crippen molar-refractivity contribution in [2.24, 2.45) is 0 Å². The van der Waals surface area contributed by atoms with Crippen molar-refractivity contribution in [3.8, 4) is 5.75 Å². The first kappa shape index (κ1) is 15.3. The van der Waals surface area contributed by atoms with Crippen LogP contribution in [0.25, 0.3) is 11.2 Å². The first-order valence-electron chi connectivity index (χ1n) is 6.91. The summed E-state index contributed by atoms with van der Waals surface area (Å²) >= 11 is 0. The van der Waals surface area contributed by atoms with Crippen molar-refractivity contribution < 1.29 is 13.8 Å². The van der Waals surface area contributed by atoms with Crippen LogP contribution in [0.3, 0.4) is 0 Å². The average Bonchev–Trinajstić information content (AvgIpc) is 2.97. The number of imidazole rings is 1. The van der Waals surface area contributed by atoms with Crippen molar-refractivity contribution in [1.29, 1.82) is 0 Å². The van der Waals surface area contributed by atoms with Gasteiger partial charge < -0.3 is 15.0 Å². The number of fused-ring (bicyclic) bond motifs is 1. The van der Waals surface area contributed by atoms with Gasteiger partial charge in [0.2, 0.25) is 0 Å². The second kappa shape index (κ2) is 7.13. The standard InChI is InChI=1S/C14H15N5O3P/c15-13-12-14(17-8-16-13)19(9-18-12)6-7-21-10-23(20)22-11-4-2-1-3-5-11/h1-5,8-9H,6-7,10H2,(H2,15,16,17)/q+1. The van der Waals surface area contributed by atoms with E-state index in [1.54, 1.807) is 23.0 Å². The van der Waals surface area contributed by atoms with Crippen LogP contribution in [0.5, 0.6) is 5.75 Å². The monoisotopic (exact) mass is 332 g/mol. The average molecular weight is 332 g/mol. The molecule has 2 N–H and O–H groups in total. The smallest absolute Gasteiger partial charge is 0.382 e. The lowest BCUT2D eigenvalue weighted by Crippen LogP contribution is -2.06. The Bertz CT molecular complexity index is 809. The van der Waals surface area contributed by atoms with Gasteiger partial charge in [0.1, 0.15) is 11.8 Å². The van der Waals surface area contributed by atoms with E-state index in [2.05, 4.69) is 15.0 Å². The first-order valence-corrected chi connectivity index (χ1v) is 8.27. The van der Waals surface area contributed by atoms with Gasteiger partial charge in [0, 0.05) is 6.54 Å². The Hall–Kier alpha value is -2.57. The van der Waals surface area contributed by atoms with Crippen LogP contribution in [-0.4, -0.2) is 32.5 Å². The number of aromatic nitrogens is 4. The number of nitrogen functional groups attached to an aromatic ring is 1. The van der Waals surface area contributed by atoms with Gasteiger partial charge in [0.05, 0.1) is 12.9 Å². The molecule has 2 aromatic heterocycles. The minimum absolute atomic E-state index is 0.0218. The number of hydrogen-bond donors (Lipinski definition) is 1. The lowest BCUT2D eigenvalue weighted by atomic mass is 10.3. The van der Waals surface area contributed by atoms with Crippen LogP contribution in [-0.2, 0) is 15.8 Å². The number of nitrogens with two attached hydrogens (primary N) is 1. The second-order valence-electron chi connectivity index (χ2n) is 4.64. The van der Waals surface area contributed by atoms with Crippen LogP contribution in [0.4, 0.5) is 5.82 Å². The maximum absolute atomic E-state index is 11.8. The van der Waals surface area contributed by atoms with Gasteiger partial charge in [-0.3, -0.25) is 4.52 Å². The summed E-state index contributed by atoms with van der Waals surface area (Å²) in [5.41, 5.74) is 6.93. The molecule has 0 aliphatic rings. The van der Waals surface area contributed by atoms with E-state index in [9.17, 15) is 4.57 Å². The maximum Gasteiger partial charge on any atom is 0.585 e. The summed E-state index contributed by atoms with van der Waals surface area (Å²) in [5, 5.41) is 0. The molecule has 2 heterocycles. The van der Waals surface area contributed by atoms with Crippen LogP contribution >= 0.6 is 8.03 Å². The number of rotatable bonds is 7. The Balaban J connectivity index is 1.48. The van der Waals surface area contributed by atoms with Crippen molar-refractivity contribution in [2.45, 2.75) is 6.54 Å². The highest BCUT2D eigenvalue weighted by molar-refractivity contribution is 7.39. The lowest BCUT2D eigenvalue weighted by molar-refractivity contribution is 0.164. The summed E-state index contributed by atoms with van der Waals surface area (Å²) < 4.78 is 24.2. The molecule has 0 bridgehead atoms. The third-order valence-electron chi connectivity index (χ3n) is 3.05. The third kappa shape index (κ3) is 3.80. The summed E-state index contributed by atoms with van der Waals surface area (Å²) in [4.78, 5) is 12.2. The fraction of sp³-hybridized carbons (Fsp3) is 0.214. The van der Waals surface area contributed by atoms with Gasteiger partial charge in [-0.1, -0.05) is 18.2 Å². The molecule has 0 saturated heterocycles. The minimum atomic E-state index is -1.91. The summed E-state index contributed by atoms with van der Waals surface area (Å²) in [5.74, 6) is 0.902. The molecule has 0 aliphatic heterocycles. The number of nitrogens with zero attached hydrogens (tertiary/aromatic N) is 4. The summed E-state index contributed by atoms with van der Waals surface area (Å²) in [6, 6.07) is 8.99. The fourth-order valence-electron chi connectivity index (χ4n) is 1.99. The number of ether oxygens (including phenoxy) is 1. The molecule has 0 radical (unpaired) electrons. The van der Waals surface area contributed by atoms with Gasteiger partial charge in [-0.25, -0.2) is 15.0 Å². The van der Waals surface area contributed by atoms with E-state index < -0.39 is 8.03 Å². The van der Waals surface area contributed by atoms with Crippen molar-refractivity contribution in [3.63, 3.8) is 0 Å². The molecule has 8 nitrogen and oxygen atoms in total. The highest BCUT2D eigenvalue weighted by atomic mass is 31.1. The van der Waals surface area contributed by atoms with Crippen LogP contribution in [0.1, 0.15) is 0 Å². The molecule has 118 valence electrons. The summed E-state index contributed by atoms with van der Waals surface area (Å²) in [6.45, 7) is 0.871. The topological polar surface area (TPSA) is 105 Å². The largest absolute Gasteiger partial charge is 0.585 e. The van der Waals surface area contributed by atoms with Crippen LogP contribution in [0.2, 0.25) is 0 Å². The molecular weight excluding hydrogens is 317 g/mol. The van der Waals surface area contributed by atoms with Gasteiger partial charge in [-0.05, 0) is 16.7 Å². The molecule has 0 amide bonds. The Kier molecular flexibility index (Phi) is 4.75. The van der Waals surface area contributed by atoms with Gasteiger partial charge in [-0.2, -0.15) is 0 Å². The van der Waals surface area contributed by atoms with Crippen molar-refractivity contribution in [3.05, 3.63) is 43.0 Å². The van der Waals surface area contributed by atoms with E-state index in [0.29, 0.717) is 35.9 Å². The SMILES string of the molecule is Nc1ncnc2c1ncn2CCOC[P+](=O)Oc1ccccc1. The van der Waals surface area contributed by atoms with E-state index in [1.807, 2.05) is 18.2 Å². The zero-order valence-electron chi connectivity index (χ0n) is 12.2. The Labute approximate surface area is 133 Å². The Morgan fingerprint density at radius 3 is 2.83 bits per heavy atom. The fourth-order valence-corrected chi connectivity index (χ4v) is 2.68. The van der Waals surface area contributed by atoms with E-state index in [4.69, 9.17) is 15.0 Å². The summed E-state index contributed by atoms with van der Waals surface area (Å²) in [7, 11) is -1.91. The lowest BCUT2D eigenvalue weighted by Gasteiger charge is -2.02. The molecule has 23 heavy (non-hydrogen) atoms. The van der Waals surface area contributed by atoms with E-state index in [1.165, 1.54) is 6.33 Å². The predicted molar refractivity (Wildman–Crippen MR) is 85.2 cm³/mol. The van der Waals surface area contributed by atoms with E-state index in [0.717, 1.165) is 0 Å². The number of benzene rings is 1. The molecule has 0 aliphatic carbocycles. The van der Waals surface area contributed by atoms with Gasteiger partial charge in [0.15, 0.2) is 17.2 Å². The zero-order chi connectivity index (χ0) is 16.1. The van der Waals surface area contributed by atoms with Crippen LogP contribution < -0.4 is 10.3 Å². The molecule has 1 atom stereocenters. The van der Waals surface area contributed by atoms with Crippen molar-refractivity contribution >= 4 is 25.0 Å². The Morgan fingerprint density at radius 1 is 1.17 bits per heavy atom. The molecule has 0 fully saturated rings. The van der Waals surface area contributed by atoms with Crippen molar-refractivity contribution in [1.82, 2.24) is 19.5 Å². The molecule has 3 rings (SSSR count). The predicted octanol–water partition coefficient (Wildman–Crippen LogP) is 2.20. The number of para-hydroxylation sites is 1. The van der Waals surface area contributed by atoms with E-state index >= 15 is 0 Å². The van der Waals surface area contributed by atoms with Crippen LogP contribution in [0, 0.1) is 0 Å². The molecule has 1 aromatic carbocycles. The first-order chi connectivity index (χ1) is 11.2. The normalized spacial score (nSPS) is 11.6. The zero-order valence-corrected chi connectivity index (χ0v) is 13.1. The minimum Gasteiger partial charge on any atom is -0.382 e. The molecule has 9 heteroatoms. The Morgan fingerprint density at radius 2 is 2.00 bits per heavy atom. The molecule has 0 saturated carbocycles. The maximum atomic E-state index is 11.8. The molecule has 0 spiro atoms. The molecule has 1 unspecified atom stereocenters. The number of hydrogen-bond acceptors (Lipinski definition) is 7. The molecular formula is C14H15N5O3P+. The van der Waals surface area contributed by atoms with Crippen molar-refractivity contribution in [2.75, 3.05) is 18.7 Å². The number of anilines is 1. The van der Waals surface area contributed by atoms with Crippen LogP contribution in [0.15, 0.2) is 43.0 Å². The molecule has 3 aromatic rings. The van der Waals surface area contributed by atoms with E-state index in [-0.39, 0.29) is 6.35 Å². The van der Waals surface area contributed by atoms with Gasteiger partial charge in [-0.15, -0.1) is 0 Å². The third-order valence-corrected chi connectivity index (χ3v) is 3.86. The highest BCUT2D eigenvalue weighted by Gasteiger charge is 2.19. The highest BCUT2D eigenvalue weighted by Crippen LogP contribution is 2.26. The van der Waals surface area contributed by atoms with Gasteiger partial charge >= 0.3 is 8.03 Å². The summed E-state index contributed by atoms with van der Waals surface area (Å²) in [6.07, 6.45) is 3.04. The van der Waals surface area contributed by atoms with Gasteiger partial charge in [0.25, 0.3) is 6.35 Å². The quantitative estimate of drug-likeness (QED) is 0.522.